The molecule has 1 heterocycles. The molecule has 1 N–H and O–H groups in total. The van der Waals surface area contributed by atoms with Gasteiger partial charge >= 0.3 is 0 Å². The van der Waals surface area contributed by atoms with Crippen molar-refractivity contribution in [2.75, 3.05) is 0 Å². The van der Waals surface area contributed by atoms with Crippen LogP contribution in [0, 0.1) is 12.7 Å². The number of hydrogen-bond acceptors (Lipinski definition) is 1. The van der Waals surface area contributed by atoms with Gasteiger partial charge in [-0.1, -0.05) is 0 Å². The maximum absolute atomic E-state index is 13.3. The van der Waals surface area contributed by atoms with Gasteiger partial charge in [-0.3, -0.25) is 0 Å². The molecule has 0 fully saturated rings. The molecule has 1 aromatic heterocycles. The number of aromatic hydroxyl groups is 1. The van der Waals surface area contributed by atoms with Crippen molar-refractivity contribution >= 4 is 10.9 Å². The molecule has 0 amide bonds. The minimum absolute atomic E-state index is 0.293. The second-order valence-corrected chi connectivity index (χ2v) is 3.18. The monoisotopic (exact) mass is 179 g/mol. The van der Waals surface area contributed by atoms with Crippen molar-refractivity contribution in [1.29, 1.82) is 0 Å². The fourth-order valence-corrected chi connectivity index (χ4v) is 1.50. The lowest BCUT2D eigenvalue weighted by Crippen LogP contribution is -1.89. The van der Waals surface area contributed by atoms with Crippen LogP contribution in [0.1, 0.15) is 5.69 Å². The highest BCUT2D eigenvalue weighted by Gasteiger charge is 2.09. The molecule has 0 aliphatic heterocycles. The van der Waals surface area contributed by atoms with E-state index in [0.29, 0.717) is 5.39 Å². The van der Waals surface area contributed by atoms with Crippen molar-refractivity contribution in [1.82, 2.24) is 4.57 Å². The number of aromatic nitrogens is 1. The summed E-state index contributed by atoms with van der Waals surface area (Å²) < 4.78 is 15.2. The summed E-state index contributed by atoms with van der Waals surface area (Å²) in [4.78, 5) is 0. The topological polar surface area (TPSA) is 25.2 Å². The minimum atomic E-state index is -0.541. The normalized spacial score (nSPS) is 11.0. The molecule has 0 aliphatic carbocycles. The van der Waals surface area contributed by atoms with Gasteiger partial charge in [0.15, 0.2) is 11.6 Å². The summed E-state index contributed by atoms with van der Waals surface area (Å²) >= 11 is 0. The van der Waals surface area contributed by atoms with Crippen LogP contribution >= 0.6 is 0 Å². The average molecular weight is 179 g/mol. The molecule has 2 nitrogen and oxygen atoms in total. The summed E-state index contributed by atoms with van der Waals surface area (Å²) in [6.07, 6.45) is 0. The zero-order valence-corrected chi connectivity index (χ0v) is 7.50. The fraction of sp³-hybridized carbons (Fsp3) is 0.200. The Morgan fingerprint density at radius 1 is 1.38 bits per heavy atom. The van der Waals surface area contributed by atoms with Gasteiger partial charge in [0.2, 0.25) is 0 Å². The van der Waals surface area contributed by atoms with Crippen LogP contribution in [0.3, 0.4) is 0 Å². The van der Waals surface area contributed by atoms with Crippen LogP contribution in [0.25, 0.3) is 10.9 Å². The molecule has 0 radical (unpaired) electrons. The maximum atomic E-state index is 13.3. The quantitative estimate of drug-likeness (QED) is 0.659. The van der Waals surface area contributed by atoms with E-state index in [2.05, 4.69) is 0 Å². The zero-order valence-electron chi connectivity index (χ0n) is 7.50. The molecule has 0 atom stereocenters. The van der Waals surface area contributed by atoms with Crippen LogP contribution in [0.2, 0.25) is 0 Å². The SMILES string of the molecule is Cc1cc2c(F)c(O)ccc2n1C. The van der Waals surface area contributed by atoms with Crippen molar-refractivity contribution in [3.8, 4) is 5.75 Å². The molecule has 0 bridgehead atoms. The van der Waals surface area contributed by atoms with Crippen molar-refractivity contribution in [3.05, 3.63) is 29.7 Å². The number of aryl methyl sites for hydroxylation is 2. The molecule has 0 saturated carbocycles. The molecule has 3 heteroatoms. The Kier molecular flexibility index (Phi) is 1.55. The Hall–Kier alpha value is -1.51. The third-order valence-corrected chi connectivity index (χ3v) is 2.38. The third kappa shape index (κ3) is 1.00. The number of halogens is 1. The number of phenolic OH excluding ortho intramolecular Hbond substituents is 1. The van der Waals surface area contributed by atoms with Crippen molar-refractivity contribution in [3.63, 3.8) is 0 Å². The highest BCUT2D eigenvalue weighted by molar-refractivity contribution is 5.83. The summed E-state index contributed by atoms with van der Waals surface area (Å²) in [5.74, 6) is -0.834. The van der Waals surface area contributed by atoms with Gasteiger partial charge in [-0.2, -0.15) is 0 Å². The third-order valence-electron chi connectivity index (χ3n) is 2.38. The van der Waals surface area contributed by atoms with Crippen LogP contribution in [0.5, 0.6) is 5.75 Å². The van der Waals surface area contributed by atoms with E-state index in [4.69, 9.17) is 5.11 Å². The molecule has 0 unspecified atom stereocenters. The first kappa shape index (κ1) is 8.10. The molecule has 1 aromatic carbocycles. The van der Waals surface area contributed by atoms with E-state index in [1.165, 1.54) is 6.07 Å². The summed E-state index contributed by atoms with van der Waals surface area (Å²) in [6, 6.07) is 4.81. The molecule has 0 aliphatic rings. The molecule has 2 aromatic rings. The predicted molar refractivity (Wildman–Crippen MR) is 49.3 cm³/mol. The highest BCUT2D eigenvalue weighted by Crippen LogP contribution is 2.27. The van der Waals surface area contributed by atoms with Gasteiger partial charge in [-0.25, -0.2) is 4.39 Å². The van der Waals surface area contributed by atoms with Crippen molar-refractivity contribution < 1.29 is 9.50 Å². The Balaban J connectivity index is 2.94. The van der Waals surface area contributed by atoms with Crippen LogP contribution in [0.4, 0.5) is 4.39 Å². The van der Waals surface area contributed by atoms with E-state index in [9.17, 15) is 4.39 Å². The lowest BCUT2D eigenvalue weighted by atomic mass is 10.2. The molecule has 0 saturated heterocycles. The van der Waals surface area contributed by atoms with Crippen LogP contribution in [-0.4, -0.2) is 9.67 Å². The van der Waals surface area contributed by atoms with Crippen LogP contribution < -0.4 is 0 Å². The smallest absolute Gasteiger partial charge is 0.174 e. The van der Waals surface area contributed by atoms with Gasteiger partial charge in [-0.05, 0) is 25.1 Å². The molecule has 68 valence electrons. The van der Waals surface area contributed by atoms with E-state index in [1.54, 1.807) is 12.1 Å². The van der Waals surface area contributed by atoms with E-state index < -0.39 is 5.82 Å². The lowest BCUT2D eigenvalue weighted by molar-refractivity contribution is 0.436. The predicted octanol–water partition coefficient (Wildman–Crippen LogP) is 2.33. The molecule has 0 spiro atoms. The zero-order chi connectivity index (χ0) is 9.59. The van der Waals surface area contributed by atoms with E-state index in [-0.39, 0.29) is 5.75 Å². The number of hydrogen-bond donors (Lipinski definition) is 1. The fourth-order valence-electron chi connectivity index (χ4n) is 1.50. The molecular formula is C10H10FNO. The average Bonchev–Trinajstić information content (AvgIpc) is 2.38. The summed E-state index contributed by atoms with van der Waals surface area (Å²) in [5.41, 5.74) is 1.77. The Labute approximate surface area is 75.2 Å². The van der Waals surface area contributed by atoms with E-state index >= 15 is 0 Å². The molecule has 13 heavy (non-hydrogen) atoms. The Morgan fingerprint density at radius 3 is 2.77 bits per heavy atom. The minimum Gasteiger partial charge on any atom is -0.505 e. The second kappa shape index (κ2) is 2.49. The van der Waals surface area contributed by atoms with E-state index in [1.807, 2.05) is 18.5 Å². The number of nitrogens with zero attached hydrogens (tertiary/aromatic N) is 1. The lowest BCUT2D eigenvalue weighted by Gasteiger charge is -1.99. The summed E-state index contributed by atoms with van der Waals surface area (Å²) in [6.45, 7) is 1.90. The Morgan fingerprint density at radius 2 is 2.08 bits per heavy atom. The van der Waals surface area contributed by atoms with Gasteiger partial charge in [0.25, 0.3) is 0 Å². The van der Waals surface area contributed by atoms with Crippen LogP contribution in [0.15, 0.2) is 18.2 Å². The highest BCUT2D eigenvalue weighted by atomic mass is 19.1. The summed E-state index contributed by atoms with van der Waals surface area (Å²) in [7, 11) is 1.87. The first-order chi connectivity index (χ1) is 6.11. The number of benzene rings is 1. The van der Waals surface area contributed by atoms with Crippen molar-refractivity contribution in [2.45, 2.75) is 6.92 Å². The Bertz CT molecular complexity index is 473. The van der Waals surface area contributed by atoms with E-state index in [0.717, 1.165) is 11.2 Å². The molecular weight excluding hydrogens is 169 g/mol. The maximum Gasteiger partial charge on any atom is 0.174 e. The van der Waals surface area contributed by atoms with Gasteiger partial charge < -0.3 is 9.67 Å². The van der Waals surface area contributed by atoms with Crippen molar-refractivity contribution in [2.24, 2.45) is 7.05 Å². The van der Waals surface area contributed by atoms with Crippen LogP contribution in [-0.2, 0) is 7.05 Å². The van der Waals surface area contributed by atoms with Gasteiger partial charge in [0, 0.05) is 18.1 Å². The van der Waals surface area contributed by atoms with Gasteiger partial charge in [0.1, 0.15) is 0 Å². The number of rotatable bonds is 0. The second-order valence-electron chi connectivity index (χ2n) is 3.18. The number of fused-ring (bicyclic) bond motifs is 1. The molecule has 2 rings (SSSR count). The number of phenols is 1. The van der Waals surface area contributed by atoms with Gasteiger partial charge in [0.05, 0.1) is 5.52 Å². The first-order valence-corrected chi connectivity index (χ1v) is 4.05. The first-order valence-electron chi connectivity index (χ1n) is 4.05. The standard InChI is InChI=1S/C10H10FNO/c1-6-5-7-8(12(6)2)3-4-9(13)10(7)11/h3-5,13H,1-2H3. The largest absolute Gasteiger partial charge is 0.505 e. The summed E-state index contributed by atoms with van der Waals surface area (Å²) in [5, 5.41) is 9.61. The van der Waals surface area contributed by atoms with Gasteiger partial charge in [-0.15, -0.1) is 0 Å².